The highest BCUT2D eigenvalue weighted by Gasteiger charge is 2.22. The summed E-state index contributed by atoms with van der Waals surface area (Å²) in [4.78, 5) is 0. The van der Waals surface area contributed by atoms with Crippen LogP contribution in [-0.4, -0.2) is 28.6 Å². The van der Waals surface area contributed by atoms with E-state index < -0.39 is 0 Å². The maximum Gasteiger partial charge on any atom is 0.143 e. The van der Waals surface area contributed by atoms with E-state index in [4.69, 9.17) is 0 Å². The Bertz CT molecular complexity index is 2050. The minimum absolute atomic E-state index is 0.382. The summed E-state index contributed by atoms with van der Waals surface area (Å²) >= 11 is 0. The van der Waals surface area contributed by atoms with E-state index in [9.17, 15) is 5.11 Å². The molecule has 0 aliphatic heterocycles. The quantitative estimate of drug-likeness (QED) is 0.258. The molecule has 0 bridgehead atoms. The largest absolute Gasteiger partial charge is 0.508 e. The molecule has 41 heavy (non-hydrogen) atoms. The first-order valence-corrected chi connectivity index (χ1v) is 14.3. The predicted octanol–water partition coefficient (Wildman–Crippen LogP) is 4.94. The van der Waals surface area contributed by atoms with Crippen LogP contribution in [0.15, 0.2) is 115 Å². The van der Waals surface area contributed by atoms with Crippen LogP contribution in [0.4, 0.5) is 0 Å². The Morgan fingerprint density at radius 2 is 0.927 bits per heavy atom. The Morgan fingerprint density at radius 1 is 0.439 bits per heavy atom. The van der Waals surface area contributed by atoms with E-state index in [0.29, 0.717) is 5.75 Å². The fourth-order valence-corrected chi connectivity index (χ4v) is 6.60. The Morgan fingerprint density at radius 3 is 1.54 bits per heavy atom. The maximum atomic E-state index is 11.6. The standard InChI is InChI=1S/C37H29B3O/c1-21-31(37(41)36(40)35(39)34(21)38)33-29-14-6-4-12-27(29)32(28-13-5-7-15-30(28)33)24-19-17-23(18-20-24)26-16-8-10-22-9-2-3-11-25(22)26/h2-20,41H,38-40H2,1H3. The van der Waals surface area contributed by atoms with Crippen molar-refractivity contribution in [1.29, 1.82) is 0 Å². The third-order valence-electron chi connectivity index (χ3n) is 9.11. The average Bonchev–Trinajstić information content (AvgIpc) is 3.02. The van der Waals surface area contributed by atoms with E-state index in [1.54, 1.807) is 0 Å². The van der Waals surface area contributed by atoms with Gasteiger partial charge in [0.2, 0.25) is 0 Å². The third kappa shape index (κ3) is 3.89. The van der Waals surface area contributed by atoms with Crippen molar-refractivity contribution >= 4 is 72.2 Å². The summed E-state index contributed by atoms with van der Waals surface area (Å²) in [5.74, 6) is 0.382. The first-order chi connectivity index (χ1) is 20.0. The van der Waals surface area contributed by atoms with Gasteiger partial charge in [0.25, 0.3) is 0 Å². The Labute approximate surface area is 243 Å². The summed E-state index contributed by atoms with van der Waals surface area (Å²) in [7, 11) is 6.29. The zero-order valence-corrected chi connectivity index (χ0v) is 23.9. The summed E-state index contributed by atoms with van der Waals surface area (Å²) in [5.41, 5.74) is 11.4. The van der Waals surface area contributed by atoms with Gasteiger partial charge in [-0.25, -0.2) is 0 Å². The number of phenolic OH excluding ortho intramolecular Hbond substituents is 1. The highest BCUT2D eigenvalue weighted by Crippen LogP contribution is 2.46. The van der Waals surface area contributed by atoms with E-state index >= 15 is 0 Å². The first-order valence-electron chi connectivity index (χ1n) is 14.3. The smallest absolute Gasteiger partial charge is 0.143 e. The van der Waals surface area contributed by atoms with Gasteiger partial charge in [0.1, 0.15) is 29.3 Å². The molecule has 0 aliphatic carbocycles. The summed E-state index contributed by atoms with van der Waals surface area (Å²) in [6.07, 6.45) is 0. The van der Waals surface area contributed by atoms with E-state index in [0.717, 1.165) is 38.4 Å². The molecule has 0 amide bonds. The van der Waals surface area contributed by atoms with Gasteiger partial charge in [0.15, 0.2) is 0 Å². The molecule has 0 aliphatic rings. The second-order valence-electron chi connectivity index (χ2n) is 11.2. The number of hydrogen-bond acceptors (Lipinski definition) is 1. The number of benzene rings is 7. The molecule has 0 atom stereocenters. The van der Waals surface area contributed by atoms with Crippen LogP contribution < -0.4 is 16.4 Å². The highest BCUT2D eigenvalue weighted by atomic mass is 16.3. The van der Waals surface area contributed by atoms with Gasteiger partial charge in [-0.3, -0.25) is 0 Å². The summed E-state index contributed by atoms with van der Waals surface area (Å²) in [6, 6.07) is 41.4. The molecule has 0 unspecified atom stereocenters. The molecule has 7 aromatic carbocycles. The molecule has 1 N–H and O–H groups in total. The molecular formula is C37H29B3O. The number of hydrogen-bond donors (Lipinski definition) is 1. The minimum Gasteiger partial charge on any atom is -0.508 e. The summed E-state index contributed by atoms with van der Waals surface area (Å²) in [6.45, 7) is 2.14. The fourth-order valence-electron chi connectivity index (χ4n) is 6.60. The highest BCUT2D eigenvalue weighted by molar-refractivity contribution is 6.59. The van der Waals surface area contributed by atoms with Crippen molar-refractivity contribution in [3.8, 4) is 39.1 Å². The van der Waals surface area contributed by atoms with Gasteiger partial charge < -0.3 is 5.11 Å². The molecule has 192 valence electrons. The van der Waals surface area contributed by atoms with Crippen molar-refractivity contribution in [3.05, 3.63) is 121 Å². The molecule has 0 aromatic heterocycles. The van der Waals surface area contributed by atoms with Crippen molar-refractivity contribution in [1.82, 2.24) is 0 Å². The molecule has 0 saturated heterocycles. The molecule has 1 nitrogen and oxygen atoms in total. The van der Waals surface area contributed by atoms with Crippen LogP contribution in [0, 0.1) is 6.92 Å². The van der Waals surface area contributed by atoms with Crippen LogP contribution in [0.5, 0.6) is 5.75 Å². The maximum absolute atomic E-state index is 11.6. The minimum atomic E-state index is 0.382. The predicted molar refractivity (Wildman–Crippen MR) is 186 cm³/mol. The average molecular weight is 522 g/mol. The fraction of sp³-hybridized carbons (Fsp3) is 0.0270. The van der Waals surface area contributed by atoms with Gasteiger partial charge in [0, 0.05) is 11.1 Å². The SMILES string of the molecule is Bc1c(B)c(C)c(-c2c3ccccc3c(-c3ccc(-c4cccc5ccccc45)cc3)c3ccccc23)c(O)c1B. The molecule has 0 saturated carbocycles. The van der Waals surface area contributed by atoms with Gasteiger partial charge in [-0.2, -0.15) is 0 Å². The van der Waals surface area contributed by atoms with Crippen LogP contribution in [0.25, 0.3) is 65.7 Å². The van der Waals surface area contributed by atoms with Crippen LogP contribution in [0.1, 0.15) is 5.56 Å². The topological polar surface area (TPSA) is 20.2 Å². The van der Waals surface area contributed by atoms with Gasteiger partial charge in [-0.15, -0.1) is 0 Å². The molecular weight excluding hydrogens is 493 g/mol. The number of phenols is 1. The molecule has 4 heteroatoms. The van der Waals surface area contributed by atoms with E-state index in [1.165, 1.54) is 49.3 Å². The number of aromatic hydroxyl groups is 1. The summed E-state index contributed by atoms with van der Waals surface area (Å²) < 4.78 is 0. The van der Waals surface area contributed by atoms with Crippen LogP contribution >= 0.6 is 0 Å². The second-order valence-corrected chi connectivity index (χ2v) is 11.2. The normalized spacial score (nSPS) is 11.4. The van der Waals surface area contributed by atoms with Gasteiger partial charge in [-0.05, 0) is 67.1 Å². The third-order valence-corrected chi connectivity index (χ3v) is 9.11. The van der Waals surface area contributed by atoms with Gasteiger partial charge >= 0.3 is 0 Å². The van der Waals surface area contributed by atoms with Crippen molar-refractivity contribution in [2.75, 3.05) is 0 Å². The monoisotopic (exact) mass is 522 g/mol. The van der Waals surface area contributed by atoms with E-state index in [2.05, 4.69) is 138 Å². The lowest BCUT2D eigenvalue weighted by Gasteiger charge is -2.23. The molecule has 0 radical (unpaired) electrons. The zero-order chi connectivity index (χ0) is 28.2. The van der Waals surface area contributed by atoms with E-state index in [-0.39, 0.29) is 0 Å². The van der Waals surface area contributed by atoms with Crippen molar-refractivity contribution in [3.63, 3.8) is 0 Å². The van der Waals surface area contributed by atoms with Crippen LogP contribution in [0.3, 0.4) is 0 Å². The van der Waals surface area contributed by atoms with Crippen molar-refractivity contribution in [2.45, 2.75) is 6.92 Å². The Kier molecular flexibility index (Phi) is 6.01. The first kappa shape index (κ1) is 25.3. The Balaban J connectivity index is 1.51. The number of fused-ring (bicyclic) bond motifs is 3. The van der Waals surface area contributed by atoms with Gasteiger partial charge in [-0.1, -0.05) is 132 Å². The molecule has 0 fully saturated rings. The lowest BCUT2D eigenvalue weighted by molar-refractivity contribution is 0.482. The molecule has 0 heterocycles. The van der Waals surface area contributed by atoms with Crippen LogP contribution in [0.2, 0.25) is 0 Å². The van der Waals surface area contributed by atoms with E-state index in [1.807, 2.05) is 7.85 Å². The molecule has 7 aromatic rings. The summed E-state index contributed by atoms with van der Waals surface area (Å²) in [5, 5.41) is 18.8. The molecule has 7 rings (SSSR count). The second kappa shape index (κ2) is 9.75. The number of rotatable bonds is 3. The zero-order valence-electron chi connectivity index (χ0n) is 23.9. The molecule has 0 spiro atoms. The van der Waals surface area contributed by atoms with Crippen molar-refractivity contribution < 1.29 is 5.11 Å². The van der Waals surface area contributed by atoms with Crippen LogP contribution in [-0.2, 0) is 0 Å². The lowest BCUT2D eigenvalue weighted by Crippen LogP contribution is -2.41. The van der Waals surface area contributed by atoms with Gasteiger partial charge in [0.05, 0.1) is 0 Å². The Hall–Kier alpha value is -4.69. The van der Waals surface area contributed by atoms with Crippen molar-refractivity contribution in [2.24, 2.45) is 0 Å². The lowest BCUT2D eigenvalue weighted by atomic mass is 9.67.